The summed E-state index contributed by atoms with van der Waals surface area (Å²) < 4.78 is 38.3. The number of methoxy groups -OCH3 is 1. The Kier molecular flexibility index (Phi) is 8.25. The molecule has 0 spiro atoms. The van der Waals surface area contributed by atoms with Crippen LogP contribution in [0.25, 0.3) is 0 Å². The molecule has 1 aliphatic heterocycles. The zero-order chi connectivity index (χ0) is 22.5. The third-order valence-electron chi connectivity index (χ3n) is 4.86. The lowest BCUT2D eigenvalue weighted by Crippen LogP contribution is -2.42. The number of rotatable bonds is 8. The summed E-state index contributed by atoms with van der Waals surface area (Å²) in [5.74, 6) is -0.167. The van der Waals surface area contributed by atoms with Gasteiger partial charge in [0, 0.05) is 25.2 Å². The maximum Gasteiger partial charge on any atom is 0.307 e. The molecule has 8 nitrogen and oxygen atoms in total. The molecule has 0 bridgehead atoms. The molecular formula is C21H32N2O6S. The standard InChI is InChI=1S/C21H32N2O6S/c1-14(2)29-20(24)8-9-22-21(25)17-6-7-18(28-5)19(11-17)30(26,27)23-12-15(3)10-16(4)13-23/h6-7,11,14-16H,8-10,12-13H2,1-5H3,(H,22,25). The third-order valence-corrected chi connectivity index (χ3v) is 6.71. The van der Waals surface area contributed by atoms with E-state index in [0.29, 0.717) is 13.1 Å². The summed E-state index contributed by atoms with van der Waals surface area (Å²) in [7, 11) is -2.42. The Morgan fingerprint density at radius 1 is 1.20 bits per heavy atom. The van der Waals surface area contributed by atoms with Crippen LogP contribution >= 0.6 is 0 Å². The fraction of sp³-hybridized carbons (Fsp3) is 0.619. The van der Waals surface area contributed by atoms with Crippen molar-refractivity contribution in [1.82, 2.24) is 9.62 Å². The average Bonchev–Trinajstić information content (AvgIpc) is 2.66. The molecule has 1 aromatic rings. The van der Waals surface area contributed by atoms with E-state index >= 15 is 0 Å². The molecule has 2 unspecified atom stereocenters. The van der Waals surface area contributed by atoms with E-state index in [0.717, 1.165) is 6.42 Å². The van der Waals surface area contributed by atoms with Gasteiger partial charge in [0.1, 0.15) is 10.6 Å². The lowest BCUT2D eigenvalue weighted by molar-refractivity contribution is -0.147. The van der Waals surface area contributed by atoms with E-state index in [-0.39, 0.29) is 47.1 Å². The van der Waals surface area contributed by atoms with Crippen LogP contribution in [-0.2, 0) is 19.6 Å². The van der Waals surface area contributed by atoms with Crippen molar-refractivity contribution in [3.05, 3.63) is 23.8 Å². The van der Waals surface area contributed by atoms with E-state index in [1.54, 1.807) is 13.8 Å². The van der Waals surface area contributed by atoms with Crippen LogP contribution in [0.1, 0.15) is 50.9 Å². The molecule has 2 rings (SSSR count). The van der Waals surface area contributed by atoms with Crippen LogP contribution in [-0.4, -0.2) is 57.4 Å². The summed E-state index contributed by atoms with van der Waals surface area (Å²) >= 11 is 0. The maximum atomic E-state index is 13.3. The highest BCUT2D eigenvalue weighted by atomic mass is 32.2. The lowest BCUT2D eigenvalue weighted by Gasteiger charge is -2.34. The lowest BCUT2D eigenvalue weighted by atomic mass is 9.94. The minimum absolute atomic E-state index is 0.0295. The smallest absolute Gasteiger partial charge is 0.307 e. The van der Waals surface area contributed by atoms with Crippen LogP contribution < -0.4 is 10.1 Å². The van der Waals surface area contributed by atoms with Gasteiger partial charge in [-0.15, -0.1) is 0 Å². The minimum Gasteiger partial charge on any atom is -0.495 e. The molecule has 1 saturated heterocycles. The third kappa shape index (κ3) is 6.18. The molecule has 1 amide bonds. The van der Waals surface area contributed by atoms with E-state index in [4.69, 9.17) is 9.47 Å². The maximum absolute atomic E-state index is 13.3. The molecule has 1 N–H and O–H groups in total. The molecule has 30 heavy (non-hydrogen) atoms. The highest BCUT2D eigenvalue weighted by Gasteiger charge is 2.34. The van der Waals surface area contributed by atoms with Crippen molar-refractivity contribution in [1.29, 1.82) is 0 Å². The molecule has 1 aromatic carbocycles. The van der Waals surface area contributed by atoms with Gasteiger partial charge in [-0.25, -0.2) is 8.42 Å². The van der Waals surface area contributed by atoms with Gasteiger partial charge in [-0.2, -0.15) is 4.31 Å². The summed E-state index contributed by atoms with van der Waals surface area (Å²) in [5.41, 5.74) is 0.185. The number of hydrogen-bond acceptors (Lipinski definition) is 6. The Morgan fingerprint density at radius 2 is 1.83 bits per heavy atom. The number of ether oxygens (including phenoxy) is 2. The number of sulfonamides is 1. The first-order valence-electron chi connectivity index (χ1n) is 10.2. The van der Waals surface area contributed by atoms with Crippen LogP contribution in [0.4, 0.5) is 0 Å². The molecule has 9 heteroatoms. The normalized spacial score (nSPS) is 20.1. The summed E-state index contributed by atoms with van der Waals surface area (Å²) in [4.78, 5) is 24.1. The number of carbonyl (C=O) groups excluding carboxylic acids is 2. The second-order valence-corrected chi connectivity index (χ2v) is 10.1. The average molecular weight is 441 g/mol. The zero-order valence-electron chi connectivity index (χ0n) is 18.3. The zero-order valence-corrected chi connectivity index (χ0v) is 19.1. The molecular weight excluding hydrogens is 408 g/mol. The molecule has 1 heterocycles. The van der Waals surface area contributed by atoms with Gasteiger partial charge in [0.2, 0.25) is 10.0 Å². The molecule has 2 atom stereocenters. The fourth-order valence-electron chi connectivity index (χ4n) is 3.66. The van der Waals surface area contributed by atoms with Gasteiger partial charge in [-0.05, 0) is 50.3 Å². The number of piperidine rings is 1. The Hall–Kier alpha value is -2.13. The van der Waals surface area contributed by atoms with Gasteiger partial charge in [0.15, 0.2) is 0 Å². The first kappa shape index (κ1) is 24.1. The Labute approximate surface area is 179 Å². The van der Waals surface area contributed by atoms with E-state index in [9.17, 15) is 18.0 Å². The number of hydrogen-bond donors (Lipinski definition) is 1. The predicted octanol–water partition coefficient (Wildman–Crippen LogP) is 2.43. The van der Waals surface area contributed by atoms with Crippen molar-refractivity contribution < 1.29 is 27.5 Å². The number of carbonyl (C=O) groups is 2. The largest absolute Gasteiger partial charge is 0.495 e. The monoisotopic (exact) mass is 440 g/mol. The Morgan fingerprint density at radius 3 is 2.40 bits per heavy atom. The van der Waals surface area contributed by atoms with Gasteiger partial charge in [-0.1, -0.05) is 13.8 Å². The van der Waals surface area contributed by atoms with Crippen molar-refractivity contribution in [2.75, 3.05) is 26.7 Å². The number of nitrogens with zero attached hydrogens (tertiary/aromatic N) is 1. The van der Waals surface area contributed by atoms with Crippen molar-refractivity contribution in [3.8, 4) is 5.75 Å². The number of nitrogens with one attached hydrogen (secondary N) is 1. The quantitative estimate of drug-likeness (QED) is 0.623. The Balaban J connectivity index is 2.18. The van der Waals surface area contributed by atoms with Crippen molar-refractivity contribution in [3.63, 3.8) is 0 Å². The van der Waals surface area contributed by atoms with Gasteiger partial charge < -0.3 is 14.8 Å². The molecule has 168 valence electrons. The molecule has 0 saturated carbocycles. The van der Waals surface area contributed by atoms with Crippen molar-refractivity contribution in [2.24, 2.45) is 11.8 Å². The fourth-order valence-corrected chi connectivity index (χ4v) is 5.52. The molecule has 0 aliphatic carbocycles. The van der Waals surface area contributed by atoms with E-state index in [1.165, 1.54) is 29.6 Å². The second-order valence-electron chi connectivity index (χ2n) is 8.18. The summed E-state index contributed by atoms with van der Waals surface area (Å²) in [5, 5.41) is 2.62. The molecule has 0 radical (unpaired) electrons. The predicted molar refractivity (Wildman–Crippen MR) is 113 cm³/mol. The number of esters is 1. The van der Waals surface area contributed by atoms with Gasteiger partial charge in [-0.3, -0.25) is 9.59 Å². The summed E-state index contributed by atoms with van der Waals surface area (Å²) in [6.45, 7) is 8.53. The van der Waals surface area contributed by atoms with E-state index in [2.05, 4.69) is 5.32 Å². The second kappa shape index (κ2) is 10.3. The van der Waals surface area contributed by atoms with Gasteiger partial charge >= 0.3 is 5.97 Å². The van der Waals surface area contributed by atoms with Crippen LogP contribution in [0.3, 0.4) is 0 Å². The van der Waals surface area contributed by atoms with E-state index < -0.39 is 21.9 Å². The highest BCUT2D eigenvalue weighted by Crippen LogP contribution is 2.32. The SMILES string of the molecule is COc1ccc(C(=O)NCCC(=O)OC(C)C)cc1S(=O)(=O)N1CC(C)CC(C)C1. The molecule has 0 aromatic heterocycles. The van der Waals surface area contributed by atoms with Gasteiger partial charge in [0.25, 0.3) is 5.91 Å². The van der Waals surface area contributed by atoms with Crippen LogP contribution in [0.5, 0.6) is 5.75 Å². The Bertz CT molecular complexity index is 858. The van der Waals surface area contributed by atoms with Crippen LogP contribution in [0, 0.1) is 11.8 Å². The highest BCUT2D eigenvalue weighted by molar-refractivity contribution is 7.89. The minimum atomic E-state index is -3.82. The summed E-state index contributed by atoms with van der Waals surface area (Å²) in [6.07, 6.45) is 0.794. The van der Waals surface area contributed by atoms with Crippen LogP contribution in [0.2, 0.25) is 0 Å². The topological polar surface area (TPSA) is 102 Å². The number of benzene rings is 1. The van der Waals surface area contributed by atoms with Crippen molar-refractivity contribution in [2.45, 2.75) is 51.5 Å². The molecule has 1 aliphatic rings. The van der Waals surface area contributed by atoms with Crippen molar-refractivity contribution >= 4 is 21.9 Å². The van der Waals surface area contributed by atoms with Crippen LogP contribution in [0.15, 0.2) is 23.1 Å². The number of amides is 1. The van der Waals surface area contributed by atoms with Gasteiger partial charge in [0.05, 0.1) is 19.6 Å². The van der Waals surface area contributed by atoms with E-state index in [1.807, 2.05) is 13.8 Å². The first-order valence-corrected chi connectivity index (χ1v) is 11.6. The molecule has 1 fully saturated rings. The summed E-state index contributed by atoms with van der Waals surface area (Å²) in [6, 6.07) is 4.31. The first-order chi connectivity index (χ1) is 14.0.